The Morgan fingerprint density at radius 3 is 1.81 bits per heavy atom. The van der Waals surface area contributed by atoms with Crippen LogP contribution < -0.4 is 0 Å². The minimum absolute atomic E-state index is 1.17. The van der Waals surface area contributed by atoms with Crippen LogP contribution in [0.4, 0.5) is 0 Å². The minimum atomic E-state index is 1.17. The van der Waals surface area contributed by atoms with E-state index >= 15 is 0 Å². The average Bonchev–Trinajstić information content (AvgIpc) is 2.68. The zero-order chi connectivity index (χ0) is 18.5. The molecule has 1 aromatic rings. The molecule has 0 unspecified atom stereocenters. The number of rotatable bonds is 18. The molecular formula is C25H42S. The third kappa shape index (κ3) is 15.6. The van der Waals surface area contributed by atoms with Crippen molar-refractivity contribution in [2.45, 2.75) is 103 Å². The summed E-state index contributed by atoms with van der Waals surface area (Å²) in [4.78, 5) is 0. The summed E-state index contributed by atoms with van der Waals surface area (Å²) in [5, 5.41) is 0. The second kappa shape index (κ2) is 19.1. The summed E-state index contributed by atoms with van der Waals surface area (Å²) in [6, 6.07) is 10.8. The molecule has 0 aromatic heterocycles. The Balaban J connectivity index is 1.73. The highest BCUT2D eigenvalue weighted by atomic mass is 32.2. The quantitative estimate of drug-likeness (QED) is 0.182. The molecule has 0 heterocycles. The summed E-state index contributed by atoms with van der Waals surface area (Å²) in [5.74, 6) is 2.49. The normalized spacial score (nSPS) is 11.4. The van der Waals surface area contributed by atoms with Crippen molar-refractivity contribution in [1.29, 1.82) is 0 Å². The van der Waals surface area contributed by atoms with Gasteiger partial charge in [0, 0.05) is 5.75 Å². The molecule has 0 aliphatic heterocycles. The average molecular weight is 375 g/mol. The Hall–Kier alpha value is -0.690. The summed E-state index contributed by atoms with van der Waals surface area (Å²) in [6.45, 7) is 2.29. The molecule has 0 radical (unpaired) electrons. The van der Waals surface area contributed by atoms with E-state index in [-0.39, 0.29) is 0 Å². The maximum absolute atomic E-state index is 2.42. The van der Waals surface area contributed by atoms with Gasteiger partial charge in [0.05, 0.1) is 0 Å². The van der Waals surface area contributed by atoms with Gasteiger partial charge in [-0.25, -0.2) is 0 Å². The van der Waals surface area contributed by atoms with Gasteiger partial charge in [0.15, 0.2) is 0 Å². The highest BCUT2D eigenvalue weighted by Crippen LogP contribution is 2.15. The van der Waals surface area contributed by atoms with Gasteiger partial charge < -0.3 is 0 Å². The molecule has 0 spiro atoms. The molecular weight excluding hydrogens is 332 g/mol. The van der Waals surface area contributed by atoms with Gasteiger partial charge in [-0.2, -0.15) is 11.8 Å². The van der Waals surface area contributed by atoms with E-state index < -0.39 is 0 Å². The first-order valence-corrected chi connectivity index (χ1v) is 12.4. The fourth-order valence-corrected chi connectivity index (χ4v) is 4.20. The van der Waals surface area contributed by atoms with Crippen LogP contribution >= 0.6 is 11.8 Å². The lowest BCUT2D eigenvalue weighted by Crippen LogP contribution is -1.85. The smallest absolute Gasteiger partial charge is 0.0184 e. The molecule has 0 saturated carbocycles. The second-order valence-corrected chi connectivity index (χ2v) is 8.58. The zero-order valence-electron chi connectivity index (χ0n) is 17.3. The Labute approximate surface area is 168 Å². The lowest BCUT2D eigenvalue weighted by molar-refractivity contribution is 0.607. The van der Waals surface area contributed by atoms with Crippen molar-refractivity contribution in [3.8, 4) is 0 Å². The van der Waals surface area contributed by atoms with Crippen molar-refractivity contribution >= 4 is 11.8 Å². The molecule has 1 aromatic carbocycles. The topological polar surface area (TPSA) is 0 Å². The summed E-state index contributed by atoms with van der Waals surface area (Å²) in [5.41, 5.74) is 1.46. The highest BCUT2D eigenvalue weighted by molar-refractivity contribution is 7.98. The Morgan fingerprint density at radius 2 is 1.19 bits per heavy atom. The molecule has 0 fully saturated rings. The van der Waals surface area contributed by atoms with Crippen LogP contribution in [0.15, 0.2) is 42.5 Å². The van der Waals surface area contributed by atoms with Crippen LogP contribution in [0, 0.1) is 0 Å². The van der Waals surface area contributed by atoms with Gasteiger partial charge in [0.25, 0.3) is 0 Å². The monoisotopic (exact) mass is 374 g/mol. The van der Waals surface area contributed by atoms with E-state index in [1.165, 1.54) is 107 Å². The molecule has 0 bridgehead atoms. The van der Waals surface area contributed by atoms with E-state index in [0.29, 0.717) is 0 Å². The van der Waals surface area contributed by atoms with E-state index in [4.69, 9.17) is 0 Å². The highest BCUT2D eigenvalue weighted by Gasteiger charge is 1.94. The van der Waals surface area contributed by atoms with Crippen LogP contribution in [0.3, 0.4) is 0 Å². The summed E-state index contributed by atoms with van der Waals surface area (Å²) in [6.07, 6.45) is 24.3. The summed E-state index contributed by atoms with van der Waals surface area (Å²) in [7, 11) is 0. The molecule has 1 rings (SSSR count). The summed E-state index contributed by atoms with van der Waals surface area (Å²) < 4.78 is 0. The van der Waals surface area contributed by atoms with Crippen molar-refractivity contribution in [2.24, 2.45) is 0 Å². The van der Waals surface area contributed by atoms with Crippen molar-refractivity contribution in [3.05, 3.63) is 48.0 Å². The van der Waals surface area contributed by atoms with Gasteiger partial charge in [0.2, 0.25) is 0 Å². The van der Waals surface area contributed by atoms with Crippen LogP contribution in [0.5, 0.6) is 0 Å². The van der Waals surface area contributed by atoms with Crippen LogP contribution in [-0.2, 0) is 5.75 Å². The van der Waals surface area contributed by atoms with Gasteiger partial charge in [-0.3, -0.25) is 0 Å². The zero-order valence-corrected chi connectivity index (χ0v) is 18.1. The van der Waals surface area contributed by atoms with Crippen molar-refractivity contribution in [2.75, 3.05) is 5.75 Å². The molecule has 1 heteroatoms. The van der Waals surface area contributed by atoms with Gasteiger partial charge in [-0.15, -0.1) is 0 Å². The van der Waals surface area contributed by atoms with Gasteiger partial charge in [-0.1, -0.05) is 107 Å². The maximum atomic E-state index is 2.42. The van der Waals surface area contributed by atoms with Crippen LogP contribution in [0.25, 0.3) is 0 Å². The minimum Gasteiger partial charge on any atom is -0.157 e. The largest absolute Gasteiger partial charge is 0.157 e. The molecule has 0 amide bonds. The third-order valence-corrected chi connectivity index (χ3v) is 6.03. The number of unbranched alkanes of at least 4 members (excludes halogenated alkanes) is 12. The van der Waals surface area contributed by atoms with E-state index in [0.717, 1.165) is 0 Å². The Kier molecular flexibility index (Phi) is 17.1. The SMILES string of the molecule is CCCCCCCCC=CCCCCCCCCSCc1ccccc1. The first-order valence-electron chi connectivity index (χ1n) is 11.2. The van der Waals surface area contributed by atoms with E-state index in [1.54, 1.807) is 0 Å². The molecule has 148 valence electrons. The molecule has 0 aliphatic rings. The third-order valence-electron chi connectivity index (χ3n) is 4.91. The molecule has 0 N–H and O–H groups in total. The molecule has 0 atom stereocenters. The Bertz CT molecular complexity index is 409. The lowest BCUT2D eigenvalue weighted by atomic mass is 10.1. The van der Waals surface area contributed by atoms with E-state index in [9.17, 15) is 0 Å². The van der Waals surface area contributed by atoms with Gasteiger partial charge in [0.1, 0.15) is 0 Å². The second-order valence-electron chi connectivity index (χ2n) is 7.48. The van der Waals surface area contributed by atoms with Crippen molar-refractivity contribution in [3.63, 3.8) is 0 Å². The molecule has 26 heavy (non-hydrogen) atoms. The fourth-order valence-electron chi connectivity index (χ4n) is 3.22. The first kappa shape index (κ1) is 23.3. The van der Waals surface area contributed by atoms with Crippen LogP contribution in [0.1, 0.15) is 102 Å². The molecule has 0 saturated heterocycles. The van der Waals surface area contributed by atoms with Crippen molar-refractivity contribution < 1.29 is 0 Å². The predicted molar refractivity (Wildman–Crippen MR) is 122 cm³/mol. The number of hydrogen-bond acceptors (Lipinski definition) is 1. The molecule has 0 nitrogen and oxygen atoms in total. The first-order chi connectivity index (χ1) is 12.9. The standard InChI is InChI=1S/C25H42S/c1-2-3-4-5-6-7-8-9-10-11-12-13-14-15-16-20-23-26-24-25-21-18-17-19-22-25/h9-10,17-19,21-22H,2-8,11-16,20,23-24H2,1H3. The number of allylic oxidation sites excluding steroid dienone is 2. The predicted octanol–water partition coefficient (Wildman–Crippen LogP) is 8.96. The van der Waals surface area contributed by atoms with Gasteiger partial charge in [-0.05, 0) is 43.4 Å². The lowest BCUT2D eigenvalue weighted by Gasteiger charge is -2.03. The Morgan fingerprint density at radius 1 is 0.654 bits per heavy atom. The number of thioether (sulfide) groups is 1. The van der Waals surface area contributed by atoms with Crippen molar-refractivity contribution in [1.82, 2.24) is 0 Å². The van der Waals surface area contributed by atoms with E-state index in [2.05, 4.69) is 61.2 Å². The van der Waals surface area contributed by atoms with Crippen LogP contribution in [0.2, 0.25) is 0 Å². The number of benzene rings is 1. The van der Waals surface area contributed by atoms with Gasteiger partial charge >= 0.3 is 0 Å². The maximum Gasteiger partial charge on any atom is 0.0184 e. The molecule has 0 aliphatic carbocycles. The fraction of sp³-hybridized carbons (Fsp3) is 0.680. The number of hydrogen-bond donors (Lipinski definition) is 0. The summed E-state index contributed by atoms with van der Waals surface area (Å²) >= 11 is 2.08. The van der Waals surface area contributed by atoms with Crippen LogP contribution in [-0.4, -0.2) is 5.75 Å². The van der Waals surface area contributed by atoms with E-state index in [1.807, 2.05) is 0 Å².